The highest BCUT2D eigenvalue weighted by Crippen LogP contribution is 2.35. The van der Waals surface area contributed by atoms with Crippen molar-refractivity contribution in [3.8, 4) is 0 Å². The Balaban J connectivity index is 1.97. The van der Waals surface area contributed by atoms with E-state index in [2.05, 4.69) is 60.5 Å². The quantitative estimate of drug-likeness (QED) is 0.633. The van der Waals surface area contributed by atoms with Crippen molar-refractivity contribution in [1.82, 2.24) is 25.3 Å². The number of aromatic nitrogens is 2. The minimum atomic E-state index is 0.218. The Labute approximate surface area is 153 Å². The van der Waals surface area contributed by atoms with E-state index in [1.807, 2.05) is 18.8 Å². The SMILES string of the molecule is CN=C(NCc1c(C)nn(C)c1C)NCC1(N(C)C)CCCC(C)C1. The molecule has 1 aromatic rings. The molecule has 2 atom stereocenters. The molecule has 0 radical (unpaired) electrons. The lowest BCUT2D eigenvalue weighted by atomic mass is 9.75. The molecule has 0 aromatic carbocycles. The Hall–Kier alpha value is -1.56. The van der Waals surface area contributed by atoms with Gasteiger partial charge in [-0.15, -0.1) is 0 Å². The summed E-state index contributed by atoms with van der Waals surface area (Å²) in [4.78, 5) is 6.81. The Morgan fingerprint density at radius 1 is 1.36 bits per heavy atom. The Morgan fingerprint density at radius 2 is 2.08 bits per heavy atom. The van der Waals surface area contributed by atoms with Crippen molar-refractivity contribution < 1.29 is 0 Å². The smallest absolute Gasteiger partial charge is 0.191 e. The summed E-state index contributed by atoms with van der Waals surface area (Å²) >= 11 is 0. The fraction of sp³-hybridized carbons (Fsp3) is 0.789. The van der Waals surface area contributed by atoms with Crippen LogP contribution in [0.2, 0.25) is 0 Å². The highest BCUT2D eigenvalue weighted by atomic mass is 15.3. The predicted octanol–water partition coefficient (Wildman–Crippen LogP) is 2.21. The molecule has 0 spiro atoms. The summed E-state index contributed by atoms with van der Waals surface area (Å²) in [5.41, 5.74) is 3.74. The molecule has 0 bridgehead atoms. The first-order chi connectivity index (χ1) is 11.8. The van der Waals surface area contributed by atoms with Crippen LogP contribution < -0.4 is 10.6 Å². The van der Waals surface area contributed by atoms with Gasteiger partial charge in [0.1, 0.15) is 0 Å². The van der Waals surface area contributed by atoms with E-state index in [4.69, 9.17) is 0 Å². The van der Waals surface area contributed by atoms with E-state index in [9.17, 15) is 0 Å². The maximum Gasteiger partial charge on any atom is 0.191 e. The summed E-state index contributed by atoms with van der Waals surface area (Å²) in [6.45, 7) is 8.21. The maximum absolute atomic E-state index is 4.49. The first kappa shape index (κ1) is 19.8. The van der Waals surface area contributed by atoms with E-state index in [1.54, 1.807) is 0 Å². The third-order valence-corrected chi connectivity index (χ3v) is 5.92. The Morgan fingerprint density at radius 3 is 2.60 bits per heavy atom. The number of hydrogen-bond donors (Lipinski definition) is 2. The van der Waals surface area contributed by atoms with Crippen molar-refractivity contribution in [2.75, 3.05) is 27.7 Å². The number of likely N-dealkylation sites (N-methyl/N-ethyl adjacent to an activating group) is 1. The second-order valence-corrected chi connectivity index (χ2v) is 7.87. The van der Waals surface area contributed by atoms with Crippen LogP contribution in [-0.2, 0) is 13.6 Å². The lowest BCUT2D eigenvalue weighted by Crippen LogP contribution is -2.56. The van der Waals surface area contributed by atoms with Crippen LogP contribution in [0, 0.1) is 19.8 Å². The molecule has 1 saturated carbocycles. The van der Waals surface area contributed by atoms with Crippen molar-refractivity contribution in [3.05, 3.63) is 17.0 Å². The van der Waals surface area contributed by atoms with E-state index in [-0.39, 0.29) is 5.54 Å². The van der Waals surface area contributed by atoms with Gasteiger partial charge in [-0.25, -0.2) is 0 Å². The summed E-state index contributed by atoms with van der Waals surface area (Å²) in [5.74, 6) is 1.65. The highest BCUT2D eigenvalue weighted by Gasteiger charge is 2.36. The second-order valence-electron chi connectivity index (χ2n) is 7.87. The number of aliphatic imine (C=N–C) groups is 1. The third-order valence-electron chi connectivity index (χ3n) is 5.92. The molecule has 2 rings (SSSR count). The van der Waals surface area contributed by atoms with Gasteiger partial charge < -0.3 is 15.5 Å². The molecule has 1 aliphatic carbocycles. The van der Waals surface area contributed by atoms with Gasteiger partial charge in [-0.2, -0.15) is 5.10 Å². The van der Waals surface area contributed by atoms with Crippen LogP contribution in [0.5, 0.6) is 0 Å². The first-order valence-corrected chi connectivity index (χ1v) is 9.40. The fourth-order valence-corrected chi connectivity index (χ4v) is 4.07. The van der Waals surface area contributed by atoms with Crippen LogP contribution in [0.15, 0.2) is 4.99 Å². The normalized spacial score (nSPS) is 24.6. The molecule has 6 nitrogen and oxygen atoms in total. The molecule has 142 valence electrons. The van der Waals surface area contributed by atoms with Gasteiger partial charge >= 0.3 is 0 Å². The Kier molecular flexibility index (Phi) is 6.49. The molecule has 2 unspecified atom stereocenters. The lowest BCUT2D eigenvalue weighted by molar-refractivity contribution is 0.0795. The zero-order valence-electron chi connectivity index (χ0n) is 17.1. The van der Waals surface area contributed by atoms with Crippen LogP contribution in [0.3, 0.4) is 0 Å². The monoisotopic (exact) mass is 348 g/mol. The largest absolute Gasteiger partial charge is 0.355 e. The number of nitrogens with one attached hydrogen (secondary N) is 2. The van der Waals surface area contributed by atoms with Crippen molar-refractivity contribution in [2.24, 2.45) is 18.0 Å². The van der Waals surface area contributed by atoms with E-state index in [0.717, 1.165) is 30.7 Å². The standard InChI is InChI=1S/C19H36N6/c1-14-9-8-10-19(11-14,24(5)6)13-22-18(20-4)21-12-17-15(2)23-25(7)16(17)3/h14H,8-13H2,1-7H3,(H2,20,21,22). The first-order valence-electron chi connectivity index (χ1n) is 9.40. The summed E-state index contributed by atoms with van der Waals surface area (Å²) in [6, 6.07) is 0. The Bertz CT molecular complexity index is 603. The zero-order valence-corrected chi connectivity index (χ0v) is 17.1. The van der Waals surface area contributed by atoms with Gasteiger partial charge in [0.2, 0.25) is 0 Å². The van der Waals surface area contributed by atoms with E-state index < -0.39 is 0 Å². The molecule has 0 saturated heterocycles. The second kappa shape index (κ2) is 8.21. The molecule has 2 N–H and O–H groups in total. The molecule has 6 heteroatoms. The molecule has 0 amide bonds. The van der Waals surface area contributed by atoms with Gasteiger partial charge in [-0.3, -0.25) is 9.67 Å². The van der Waals surface area contributed by atoms with Crippen LogP contribution >= 0.6 is 0 Å². The number of guanidine groups is 1. The van der Waals surface area contributed by atoms with Gasteiger partial charge in [-0.1, -0.05) is 19.8 Å². The topological polar surface area (TPSA) is 57.5 Å². The molecule has 0 aliphatic heterocycles. The van der Waals surface area contributed by atoms with Gasteiger partial charge in [0.25, 0.3) is 0 Å². The van der Waals surface area contributed by atoms with Gasteiger partial charge in [0.05, 0.1) is 5.69 Å². The van der Waals surface area contributed by atoms with Gasteiger partial charge in [0, 0.05) is 44.0 Å². The van der Waals surface area contributed by atoms with Crippen molar-refractivity contribution >= 4 is 5.96 Å². The lowest BCUT2D eigenvalue weighted by Gasteiger charge is -2.45. The van der Waals surface area contributed by atoms with Crippen molar-refractivity contribution in [2.45, 2.75) is 58.5 Å². The average Bonchev–Trinajstić information content (AvgIpc) is 2.80. The van der Waals surface area contributed by atoms with Gasteiger partial charge in [0.15, 0.2) is 5.96 Å². The number of aryl methyl sites for hydroxylation is 2. The number of hydrogen-bond acceptors (Lipinski definition) is 3. The van der Waals surface area contributed by atoms with E-state index >= 15 is 0 Å². The van der Waals surface area contributed by atoms with Crippen molar-refractivity contribution in [1.29, 1.82) is 0 Å². The van der Waals surface area contributed by atoms with E-state index in [0.29, 0.717) is 0 Å². The van der Waals surface area contributed by atoms with E-state index in [1.165, 1.54) is 36.9 Å². The summed E-state index contributed by atoms with van der Waals surface area (Å²) in [7, 11) is 8.24. The summed E-state index contributed by atoms with van der Waals surface area (Å²) in [5, 5.41) is 11.5. The maximum atomic E-state index is 4.49. The molecular formula is C19H36N6. The third kappa shape index (κ3) is 4.54. The molecule has 1 fully saturated rings. The molecule has 25 heavy (non-hydrogen) atoms. The zero-order chi connectivity index (χ0) is 18.6. The van der Waals surface area contributed by atoms with Crippen LogP contribution in [0.4, 0.5) is 0 Å². The number of nitrogens with zero attached hydrogens (tertiary/aromatic N) is 4. The molecular weight excluding hydrogens is 312 g/mol. The van der Waals surface area contributed by atoms with Crippen LogP contribution in [0.1, 0.15) is 49.6 Å². The van der Waals surface area contributed by atoms with Crippen LogP contribution in [0.25, 0.3) is 0 Å². The summed E-state index contributed by atoms with van der Waals surface area (Å²) in [6.07, 6.45) is 5.14. The molecule has 1 aromatic heterocycles. The van der Waals surface area contributed by atoms with Gasteiger partial charge in [-0.05, 0) is 46.7 Å². The average molecular weight is 349 g/mol. The molecule has 1 heterocycles. The minimum Gasteiger partial charge on any atom is -0.355 e. The minimum absolute atomic E-state index is 0.218. The van der Waals surface area contributed by atoms with Crippen LogP contribution in [-0.4, -0.2) is 53.9 Å². The van der Waals surface area contributed by atoms with Crippen molar-refractivity contribution in [3.63, 3.8) is 0 Å². The predicted molar refractivity (Wildman–Crippen MR) is 105 cm³/mol. The highest BCUT2D eigenvalue weighted by molar-refractivity contribution is 5.79. The molecule has 1 aliphatic rings. The fourth-order valence-electron chi connectivity index (χ4n) is 4.07. The number of rotatable bonds is 5. The summed E-state index contributed by atoms with van der Waals surface area (Å²) < 4.78 is 1.94.